The van der Waals surface area contributed by atoms with E-state index >= 15 is 0 Å². The van der Waals surface area contributed by atoms with Gasteiger partial charge in [-0.1, -0.05) is 19.1 Å². The molecule has 0 unspecified atom stereocenters. The van der Waals surface area contributed by atoms with E-state index in [4.69, 9.17) is 0 Å². The van der Waals surface area contributed by atoms with Crippen LogP contribution in [0.3, 0.4) is 0 Å². The largest absolute Gasteiger partial charge is 0.295 e. The van der Waals surface area contributed by atoms with Crippen molar-refractivity contribution in [3.8, 4) is 0 Å². The second-order valence-electron chi connectivity index (χ2n) is 2.52. The van der Waals surface area contributed by atoms with Crippen LogP contribution in [0.1, 0.15) is 33.1 Å². The maximum atomic E-state index is 10.9. The third-order valence-electron chi connectivity index (χ3n) is 1.52. The van der Waals surface area contributed by atoms with E-state index in [1.807, 2.05) is 19.1 Å². The summed E-state index contributed by atoms with van der Waals surface area (Å²) in [5.74, 6) is 0.189. The van der Waals surface area contributed by atoms with Crippen molar-refractivity contribution in [1.29, 1.82) is 0 Å². The summed E-state index contributed by atoms with van der Waals surface area (Å²) in [6.45, 7) is 7.27. The van der Waals surface area contributed by atoms with Crippen molar-refractivity contribution in [2.24, 2.45) is 0 Å². The van der Waals surface area contributed by atoms with Crippen molar-refractivity contribution in [3.05, 3.63) is 24.3 Å². The lowest BCUT2D eigenvalue weighted by molar-refractivity contribution is -0.113. The number of hydrogen-bond donors (Lipinski definition) is 0. The van der Waals surface area contributed by atoms with Crippen LogP contribution in [0.25, 0.3) is 0 Å². The van der Waals surface area contributed by atoms with Gasteiger partial charge in [0.25, 0.3) is 0 Å². The van der Waals surface area contributed by atoms with Crippen LogP contribution in [0.2, 0.25) is 0 Å². The number of ketones is 1. The topological polar surface area (TPSA) is 17.1 Å². The summed E-state index contributed by atoms with van der Waals surface area (Å²) in [4.78, 5) is 10.9. The number of carbonyl (C=O) groups excluding carboxylic acids is 1. The molecule has 0 fully saturated rings. The quantitative estimate of drug-likeness (QED) is 0.437. The smallest absolute Gasteiger partial charge is 0.155 e. The second-order valence-corrected chi connectivity index (χ2v) is 2.52. The lowest BCUT2D eigenvalue weighted by Crippen LogP contribution is -1.95. The van der Waals surface area contributed by atoms with Crippen LogP contribution in [0.4, 0.5) is 0 Å². The molecule has 0 bridgehead atoms. The van der Waals surface area contributed by atoms with E-state index < -0.39 is 0 Å². The van der Waals surface area contributed by atoms with Gasteiger partial charge in [-0.25, -0.2) is 0 Å². The highest BCUT2D eigenvalue weighted by molar-refractivity contribution is 5.93. The van der Waals surface area contributed by atoms with E-state index in [0.29, 0.717) is 0 Å². The number of carbonyl (C=O) groups is 1. The minimum Gasteiger partial charge on any atom is -0.295 e. The summed E-state index contributed by atoms with van der Waals surface area (Å²) in [5.41, 5.74) is 0.937. The molecule has 0 aliphatic heterocycles. The highest BCUT2D eigenvalue weighted by Crippen LogP contribution is 2.07. The monoisotopic (exact) mass is 152 g/mol. The molecule has 0 aromatic rings. The first kappa shape index (κ1) is 10.2. The fourth-order valence-electron chi connectivity index (χ4n) is 0.926. The van der Waals surface area contributed by atoms with Gasteiger partial charge in [-0.15, -0.1) is 6.58 Å². The van der Waals surface area contributed by atoms with E-state index in [-0.39, 0.29) is 5.78 Å². The Bertz CT molecular complexity index is 166. The number of allylic oxidation sites excluding steroid dienone is 3. The van der Waals surface area contributed by atoms with E-state index in [1.54, 1.807) is 6.92 Å². The van der Waals surface area contributed by atoms with E-state index in [1.165, 1.54) is 0 Å². The van der Waals surface area contributed by atoms with Gasteiger partial charge in [0.1, 0.15) is 0 Å². The van der Waals surface area contributed by atoms with E-state index in [2.05, 4.69) is 6.58 Å². The number of hydrogen-bond acceptors (Lipinski definition) is 1. The molecule has 0 aromatic heterocycles. The van der Waals surface area contributed by atoms with Gasteiger partial charge in [-0.3, -0.25) is 4.79 Å². The van der Waals surface area contributed by atoms with Crippen molar-refractivity contribution in [3.63, 3.8) is 0 Å². The molecule has 0 aliphatic carbocycles. The Hall–Kier alpha value is -0.850. The van der Waals surface area contributed by atoms with Crippen molar-refractivity contribution in [2.45, 2.75) is 33.1 Å². The summed E-state index contributed by atoms with van der Waals surface area (Å²) in [6, 6.07) is 0. The lowest BCUT2D eigenvalue weighted by atomic mass is 10.1. The Balaban J connectivity index is 4.00. The molecule has 0 heterocycles. The maximum Gasteiger partial charge on any atom is 0.155 e. The van der Waals surface area contributed by atoms with Gasteiger partial charge in [0, 0.05) is 0 Å². The molecule has 0 saturated heterocycles. The molecule has 1 heteroatoms. The average Bonchev–Trinajstić information content (AvgIpc) is 1.97. The molecule has 0 spiro atoms. The van der Waals surface area contributed by atoms with Crippen LogP contribution in [0.15, 0.2) is 24.3 Å². The number of Topliss-reactive ketones (excluding diaryl/α,β-unsaturated/α-hetero) is 1. The molecular weight excluding hydrogens is 136 g/mol. The lowest BCUT2D eigenvalue weighted by Gasteiger charge is -1.99. The standard InChI is InChI=1S/C10H16O/c1-4-6-8-10(7-5-2)9(3)11/h4,7H,1,5-6,8H2,2-3H3/b10-7+. The summed E-state index contributed by atoms with van der Waals surface area (Å²) in [6.07, 6.45) is 6.50. The van der Waals surface area contributed by atoms with Gasteiger partial charge in [0.15, 0.2) is 5.78 Å². The Morgan fingerprint density at radius 1 is 1.55 bits per heavy atom. The molecule has 62 valence electrons. The molecule has 0 amide bonds. The molecule has 0 radical (unpaired) electrons. The predicted octanol–water partition coefficient (Wildman–Crippen LogP) is 2.88. The van der Waals surface area contributed by atoms with Crippen molar-refractivity contribution in [2.75, 3.05) is 0 Å². The van der Waals surface area contributed by atoms with Crippen molar-refractivity contribution in [1.82, 2.24) is 0 Å². The fraction of sp³-hybridized carbons (Fsp3) is 0.500. The Labute approximate surface area is 68.8 Å². The van der Waals surface area contributed by atoms with Gasteiger partial charge in [0.05, 0.1) is 0 Å². The van der Waals surface area contributed by atoms with Gasteiger partial charge in [-0.2, -0.15) is 0 Å². The SMILES string of the molecule is C=CCC/C(=C\CC)C(C)=O. The average molecular weight is 152 g/mol. The third kappa shape index (κ3) is 4.54. The van der Waals surface area contributed by atoms with Crippen molar-refractivity contribution < 1.29 is 4.79 Å². The van der Waals surface area contributed by atoms with Crippen LogP contribution in [-0.2, 0) is 4.79 Å². The minimum atomic E-state index is 0.189. The first-order chi connectivity index (χ1) is 5.22. The Morgan fingerprint density at radius 2 is 2.18 bits per heavy atom. The van der Waals surface area contributed by atoms with Gasteiger partial charge < -0.3 is 0 Å². The molecule has 11 heavy (non-hydrogen) atoms. The normalized spacial score (nSPS) is 11.3. The second kappa shape index (κ2) is 5.90. The predicted molar refractivity (Wildman–Crippen MR) is 48.5 cm³/mol. The molecule has 0 aliphatic rings. The van der Waals surface area contributed by atoms with Crippen LogP contribution in [0, 0.1) is 0 Å². The zero-order valence-electron chi connectivity index (χ0n) is 7.39. The fourth-order valence-corrected chi connectivity index (χ4v) is 0.926. The van der Waals surface area contributed by atoms with Gasteiger partial charge >= 0.3 is 0 Å². The summed E-state index contributed by atoms with van der Waals surface area (Å²) in [5, 5.41) is 0. The summed E-state index contributed by atoms with van der Waals surface area (Å²) in [7, 11) is 0. The summed E-state index contributed by atoms with van der Waals surface area (Å²) >= 11 is 0. The first-order valence-corrected chi connectivity index (χ1v) is 4.03. The van der Waals surface area contributed by atoms with E-state index in [0.717, 1.165) is 24.8 Å². The Kier molecular flexibility index (Phi) is 5.44. The maximum absolute atomic E-state index is 10.9. The Morgan fingerprint density at radius 3 is 2.55 bits per heavy atom. The van der Waals surface area contributed by atoms with E-state index in [9.17, 15) is 4.79 Å². The molecule has 0 rings (SSSR count). The third-order valence-corrected chi connectivity index (χ3v) is 1.52. The van der Waals surface area contributed by atoms with Gasteiger partial charge in [-0.05, 0) is 31.8 Å². The van der Waals surface area contributed by atoms with Crippen LogP contribution < -0.4 is 0 Å². The molecule has 0 N–H and O–H groups in total. The van der Waals surface area contributed by atoms with Gasteiger partial charge in [0.2, 0.25) is 0 Å². The van der Waals surface area contributed by atoms with Crippen molar-refractivity contribution >= 4 is 5.78 Å². The zero-order chi connectivity index (χ0) is 8.69. The first-order valence-electron chi connectivity index (χ1n) is 4.03. The highest BCUT2D eigenvalue weighted by Gasteiger charge is 2.00. The van der Waals surface area contributed by atoms with Crippen LogP contribution >= 0.6 is 0 Å². The zero-order valence-corrected chi connectivity index (χ0v) is 7.39. The molecular formula is C10H16O. The molecule has 0 saturated carbocycles. The molecule has 0 atom stereocenters. The molecule has 1 nitrogen and oxygen atoms in total. The molecule has 0 aromatic carbocycles. The summed E-state index contributed by atoms with van der Waals surface area (Å²) < 4.78 is 0. The van der Waals surface area contributed by atoms with Crippen LogP contribution in [0.5, 0.6) is 0 Å². The highest BCUT2D eigenvalue weighted by atomic mass is 16.1. The number of rotatable bonds is 5. The minimum absolute atomic E-state index is 0.189. The van der Waals surface area contributed by atoms with Crippen LogP contribution in [-0.4, -0.2) is 5.78 Å².